The molecule has 0 unspecified atom stereocenters. The van der Waals surface area contributed by atoms with E-state index in [-0.39, 0.29) is 29.4 Å². The minimum atomic E-state index is -1.22. The number of hydrogen-bond donors (Lipinski definition) is 2. The summed E-state index contributed by atoms with van der Waals surface area (Å²) in [5.41, 5.74) is 1.53. The zero-order valence-electron chi connectivity index (χ0n) is 16.2. The van der Waals surface area contributed by atoms with Gasteiger partial charge in [-0.1, -0.05) is 12.1 Å². The monoisotopic (exact) mass is 410 g/mol. The van der Waals surface area contributed by atoms with E-state index in [1.807, 2.05) is 26.0 Å². The van der Waals surface area contributed by atoms with Crippen LogP contribution in [0.5, 0.6) is 11.5 Å². The van der Waals surface area contributed by atoms with Crippen molar-refractivity contribution < 1.29 is 24.4 Å². The smallest absolute Gasteiger partial charge is 0.354 e. The summed E-state index contributed by atoms with van der Waals surface area (Å²) in [7, 11) is 0. The second-order valence-electron chi connectivity index (χ2n) is 6.57. The number of anilines is 1. The van der Waals surface area contributed by atoms with E-state index in [1.165, 1.54) is 30.5 Å². The van der Waals surface area contributed by atoms with Crippen LogP contribution >= 0.6 is 0 Å². The third-order valence-electron chi connectivity index (χ3n) is 4.19. The molecule has 0 aliphatic rings. The van der Waals surface area contributed by atoms with Crippen LogP contribution in [0.1, 0.15) is 21.6 Å². The van der Waals surface area contributed by atoms with Crippen LogP contribution in [0.25, 0.3) is 0 Å². The Morgan fingerprint density at radius 2 is 1.97 bits per heavy atom. The molecule has 10 heteroatoms. The van der Waals surface area contributed by atoms with Gasteiger partial charge in [-0.3, -0.25) is 14.9 Å². The van der Waals surface area contributed by atoms with Crippen LogP contribution < -0.4 is 10.1 Å². The Morgan fingerprint density at radius 3 is 2.67 bits per heavy atom. The molecule has 2 aromatic carbocycles. The number of amides is 1. The number of aryl methyl sites for hydroxylation is 2. The predicted molar refractivity (Wildman–Crippen MR) is 107 cm³/mol. The Balaban J connectivity index is 1.84. The van der Waals surface area contributed by atoms with Gasteiger partial charge in [0.1, 0.15) is 23.7 Å². The third-order valence-corrected chi connectivity index (χ3v) is 4.19. The Hall–Kier alpha value is -4.21. The summed E-state index contributed by atoms with van der Waals surface area (Å²) in [5, 5.41) is 26.7. The third kappa shape index (κ3) is 4.79. The van der Waals surface area contributed by atoms with Crippen molar-refractivity contribution in [3.8, 4) is 11.5 Å². The highest BCUT2D eigenvalue weighted by Gasteiger charge is 2.16. The number of ether oxygens (including phenoxy) is 1. The van der Waals surface area contributed by atoms with Gasteiger partial charge in [-0.25, -0.2) is 9.48 Å². The summed E-state index contributed by atoms with van der Waals surface area (Å²) in [6, 6.07) is 10.8. The number of rotatable bonds is 7. The van der Waals surface area contributed by atoms with Crippen LogP contribution in [-0.2, 0) is 11.3 Å². The van der Waals surface area contributed by atoms with E-state index in [0.29, 0.717) is 5.75 Å². The molecule has 1 heterocycles. The van der Waals surface area contributed by atoms with Gasteiger partial charge in [0.25, 0.3) is 5.69 Å². The molecule has 0 saturated heterocycles. The summed E-state index contributed by atoms with van der Waals surface area (Å²) >= 11 is 0. The lowest BCUT2D eigenvalue weighted by atomic mass is 10.1. The van der Waals surface area contributed by atoms with E-state index in [9.17, 15) is 19.7 Å². The average Bonchev–Trinajstić information content (AvgIpc) is 3.12. The molecule has 0 radical (unpaired) electrons. The molecule has 3 rings (SSSR count). The Bertz CT molecular complexity index is 1140. The van der Waals surface area contributed by atoms with Gasteiger partial charge in [-0.15, -0.1) is 0 Å². The first-order valence-corrected chi connectivity index (χ1v) is 8.82. The van der Waals surface area contributed by atoms with Crippen LogP contribution in [-0.4, -0.2) is 31.7 Å². The molecule has 2 N–H and O–H groups in total. The van der Waals surface area contributed by atoms with Crippen molar-refractivity contribution in [2.75, 3.05) is 5.32 Å². The molecule has 10 nitrogen and oxygen atoms in total. The fourth-order valence-corrected chi connectivity index (χ4v) is 2.74. The molecule has 0 spiro atoms. The maximum Gasteiger partial charge on any atom is 0.354 e. The number of carboxylic acids is 1. The van der Waals surface area contributed by atoms with Gasteiger partial charge in [0.15, 0.2) is 0 Å². The molecule has 0 fully saturated rings. The number of benzene rings is 2. The molecule has 154 valence electrons. The highest BCUT2D eigenvalue weighted by Crippen LogP contribution is 2.31. The second kappa shape index (κ2) is 8.43. The van der Waals surface area contributed by atoms with Crippen molar-refractivity contribution in [1.29, 1.82) is 0 Å². The molecule has 0 bridgehead atoms. The largest absolute Gasteiger partial charge is 0.477 e. The van der Waals surface area contributed by atoms with Gasteiger partial charge in [0, 0.05) is 18.3 Å². The normalized spacial score (nSPS) is 10.5. The highest BCUT2D eigenvalue weighted by molar-refractivity contribution is 5.92. The summed E-state index contributed by atoms with van der Waals surface area (Å²) < 4.78 is 6.82. The highest BCUT2D eigenvalue weighted by atomic mass is 16.6. The Kier molecular flexibility index (Phi) is 5.77. The van der Waals surface area contributed by atoms with E-state index in [1.54, 1.807) is 6.07 Å². The number of carboxylic acid groups (broad SMARTS) is 1. The zero-order chi connectivity index (χ0) is 21.8. The van der Waals surface area contributed by atoms with E-state index >= 15 is 0 Å². The fraction of sp³-hybridized carbons (Fsp3) is 0.150. The molecule has 0 aliphatic carbocycles. The predicted octanol–water partition coefficient (Wildman–Crippen LogP) is 3.54. The van der Waals surface area contributed by atoms with Crippen molar-refractivity contribution in [2.45, 2.75) is 20.4 Å². The molecule has 30 heavy (non-hydrogen) atoms. The number of nitrogens with one attached hydrogen (secondary N) is 1. The average molecular weight is 410 g/mol. The van der Waals surface area contributed by atoms with Gasteiger partial charge >= 0.3 is 5.97 Å². The first-order valence-electron chi connectivity index (χ1n) is 8.82. The molecule has 3 aromatic rings. The number of hydrogen-bond acceptors (Lipinski definition) is 6. The summed E-state index contributed by atoms with van der Waals surface area (Å²) in [4.78, 5) is 34.2. The van der Waals surface area contributed by atoms with Crippen molar-refractivity contribution in [2.24, 2.45) is 0 Å². The SMILES string of the molecule is Cc1ccc(C)c(Oc2cc(NC(=O)Cn3nccc3C(=O)O)cc([N+](=O)[O-])c2)c1. The standard InChI is InChI=1S/C20H18N4O6/c1-12-3-4-13(2)18(7-12)30-16-9-14(8-15(10-16)24(28)29)22-19(25)11-23-17(20(26)27)5-6-21-23/h3-10H,11H2,1-2H3,(H,22,25)(H,26,27). The number of carbonyl (C=O) groups excluding carboxylic acids is 1. The first-order chi connectivity index (χ1) is 14.2. The van der Waals surface area contributed by atoms with Crippen molar-refractivity contribution in [1.82, 2.24) is 9.78 Å². The van der Waals surface area contributed by atoms with Gasteiger partial charge in [-0.2, -0.15) is 5.10 Å². The van der Waals surface area contributed by atoms with E-state index in [2.05, 4.69) is 10.4 Å². The number of non-ortho nitro benzene ring substituents is 1. The first kappa shape index (κ1) is 20.5. The molecular weight excluding hydrogens is 392 g/mol. The quantitative estimate of drug-likeness (QED) is 0.449. The van der Waals surface area contributed by atoms with Crippen molar-refractivity contribution >= 4 is 23.3 Å². The number of nitro benzene ring substituents is 1. The molecule has 1 aromatic heterocycles. The summed E-state index contributed by atoms with van der Waals surface area (Å²) in [6.45, 7) is 3.37. The van der Waals surface area contributed by atoms with Crippen LogP contribution in [0.4, 0.5) is 11.4 Å². The van der Waals surface area contributed by atoms with Gasteiger partial charge in [0.05, 0.1) is 16.7 Å². The lowest BCUT2D eigenvalue weighted by Crippen LogP contribution is -2.22. The Labute approximate surface area is 170 Å². The maximum absolute atomic E-state index is 12.3. The van der Waals surface area contributed by atoms with Crippen LogP contribution in [0.2, 0.25) is 0 Å². The van der Waals surface area contributed by atoms with E-state index < -0.39 is 16.8 Å². The number of carbonyl (C=O) groups is 2. The van der Waals surface area contributed by atoms with Gasteiger partial charge < -0.3 is 15.2 Å². The number of nitrogens with zero attached hydrogens (tertiary/aromatic N) is 3. The molecular formula is C20H18N4O6. The van der Waals surface area contributed by atoms with Crippen molar-refractivity contribution in [3.05, 3.63) is 75.6 Å². The Morgan fingerprint density at radius 1 is 1.20 bits per heavy atom. The fourth-order valence-electron chi connectivity index (χ4n) is 2.74. The summed E-state index contributed by atoms with van der Waals surface area (Å²) in [6.07, 6.45) is 1.26. The zero-order valence-corrected chi connectivity index (χ0v) is 16.2. The maximum atomic E-state index is 12.3. The number of nitro groups is 1. The summed E-state index contributed by atoms with van der Waals surface area (Å²) in [5.74, 6) is -1.10. The van der Waals surface area contributed by atoms with Gasteiger partial charge in [0.2, 0.25) is 5.91 Å². The van der Waals surface area contributed by atoms with E-state index in [0.717, 1.165) is 15.8 Å². The second-order valence-corrected chi connectivity index (χ2v) is 6.57. The minimum absolute atomic E-state index is 0.138. The topological polar surface area (TPSA) is 137 Å². The minimum Gasteiger partial charge on any atom is -0.477 e. The lowest BCUT2D eigenvalue weighted by molar-refractivity contribution is -0.384. The van der Waals surface area contributed by atoms with E-state index in [4.69, 9.17) is 9.84 Å². The van der Waals surface area contributed by atoms with Crippen LogP contribution in [0.15, 0.2) is 48.7 Å². The molecule has 1 amide bonds. The molecule has 0 saturated carbocycles. The number of aromatic nitrogens is 2. The number of aromatic carboxylic acids is 1. The molecule has 0 aliphatic heterocycles. The van der Waals surface area contributed by atoms with Crippen LogP contribution in [0.3, 0.4) is 0 Å². The van der Waals surface area contributed by atoms with Crippen molar-refractivity contribution in [3.63, 3.8) is 0 Å². The lowest BCUT2D eigenvalue weighted by Gasteiger charge is -2.12. The molecule has 0 atom stereocenters. The van der Waals surface area contributed by atoms with Crippen LogP contribution in [0, 0.1) is 24.0 Å². The van der Waals surface area contributed by atoms with Gasteiger partial charge in [-0.05, 0) is 37.1 Å².